The highest BCUT2D eigenvalue weighted by molar-refractivity contribution is 7.22. The lowest BCUT2D eigenvalue weighted by Crippen LogP contribution is -2.72. The first-order valence-corrected chi connectivity index (χ1v) is 15.6. The normalized spacial score (nSPS) is 13.5. The molecule has 0 amide bonds. The highest BCUT2D eigenvalue weighted by Gasteiger charge is 2.48. The van der Waals surface area contributed by atoms with Crippen molar-refractivity contribution in [2.24, 2.45) is 7.05 Å². The monoisotopic (exact) mass is 513 g/mol. The van der Waals surface area contributed by atoms with Gasteiger partial charge in [-0.05, 0) is 61.2 Å². The third-order valence-electron chi connectivity index (χ3n) is 8.71. The Hall–Kier alpha value is -4.66. The number of fused-ring (bicyclic) bond motifs is 6. The second-order valence-corrected chi connectivity index (χ2v) is 14.3. The minimum absolute atomic E-state index is 1.27. The van der Waals surface area contributed by atoms with Gasteiger partial charge in [-0.2, -0.15) is 0 Å². The number of benzene rings is 6. The van der Waals surface area contributed by atoms with Gasteiger partial charge in [0.25, 0.3) is 0 Å². The van der Waals surface area contributed by atoms with Crippen molar-refractivity contribution < 1.29 is 0 Å². The molecule has 1 aliphatic heterocycles. The summed E-state index contributed by atoms with van der Waals surface area (Å²) in [5, 5.41) is 8.45. The van der Waals surface area contributed by atoms with E-state index in [4.69, 9.17) is 0 Å². The van der Waals surface area contributed by atoms with Gasteiger partial charge < -0.3 is 4.57 Å². The molecule has 8 rings (SSSR count). The molecule has 2 heterocycles. The number of nitrogens with zero attached hydrogens (tertiary/aromatic N) is 1. The number of hydrogen-bond donors (Lipinski definition) is 0. The van der Waals surface area contributed by atoms with Gasteiger partial charge in [0, 0.05) is 28.9 Å². The van der Waals surface area contributed by atoms with Gasteiger partial charge >= 0.3 is 0 Å². The summed E-state index contributed by atoms with van der Waals surface area (Å²) in [7, 11) is -0.324. The Morgan fingerprint density at radius 2 is 1.00 bits per heavy atom. The van der Waals surface area contributed by atoms with Crippen molar-refractivity contribution in [3.8, 4) is 22.3 Å². The van der Waals surface area contributed by atoms with E-state index in [0.717, 1.165) is 0 Å². The van der Waals surface area contributed by atoms with Crippen molar-refractivity contribution in [1.82, 2.24) is 4.57 Å². The quantitative estimate of drug-likeness (QED) is 0.242. The second kappa shape index (κ2) is 8.42. The molecular weight excluding hydrogens is 487 g/mol. The van der Waals surface area contributed by atoms with Gasteiger partial charge in [0.15, 0.2) is 8.07 Å². The average molecular weight is 514 g/mol. The van der Waals surface area contributed by atoms with Crippen LogP contribution in [0.2, 0.25) is 0 Å². The number of aromatic nitrogens is 1. The van der Waals surface area contributed by atoms with Crippen LogP contribution in [0.3, 0.4) is 0 Å². The summed E-state index contributed by atoms with van der Waals surface area (Å²) in [6.07, 6.45) is 0. The maximum atomic E-state index is 2.51. The van der Waals surface area contributed by atoms with E-state index < -0.39 is 8.07 Å². The van der Waals surface area contributed by atoms with E-state index in [-0.39, 0.29) is 0 Å². The molecular formula is C37H27NSi. The van der Waals surface area contributed by atoms with Crippen LogP contribution in [0.15, 0.2) is 146 Å². The highest BCUT2D eigenvalue weighted by atomic mass is 28.3. The Bertz CT molecular complexity index is 1980. The Kier molecular flexibility index (Phi) is 4.82. The molecule has 0 fully saturated rings. The van der Waals surface area contributed by atoms with Gasteiger partial charge in [-0.25, -0.2) is 0 Å². The molecule has 0 unspecified atom stereocenters. The van der Waals surface area contributed by atoms with E-state index in [2.05, 4.69) is 157 Å². The molecule has 39 heavy (non-hydrogen) atoms. The van der Waals surface area contributed by atoms with Crippen LogP contribution < -0.4 is 20.7 Å². The van der Waals surface area contributed by atoms with Crippen LogP contribution in [0.25, 0.3) is 44.1 Å². The molecule has 0 spiro atoms. The lowest BCUT2D eigenvalue weighted by molar-refractivity contribution is 1.01. The lowest BCUT2D eigenvalue weighted by Gasteiger charge is -2.31. The van der Waals surface area contributed by atoms with Crippen LogP contribution in [0.4, 0.5) is 0 Å². The molecule has 0 radical (unpaired) electrons. The van der Waals surface area contributed by atoms with Crippen molar-refractivity contribution in [3.63, 3.8) is 0 Å². The highest BCUT2D eigenvalue weighted by Crippen LogP contribution is 2.34. The van der Waals surface area contributed by atoms with E-state index in [0.29, 0.717) is 0 Å². The fourth-order valence-corrected chi connectivity index (χ4v) is 12.2. The molecule has 0 atom stereocenters. The molecule has 0 N–H and O–H groups in total. The molecule has 1 nitrogen and oxygen atoms in total. The number of aryl methyl sites for hydroxylation is 1. The summed E-state index contributed by atoms with van der Waals surface area (Å²) in [6, 6.07) is 54.4. The SMILES string of the molecule is Cn1c2ccccc2c2cc(-c3ccc4c(c3)[Si](c3ccccc3)(c3ccccc3)c3ccccc3-4)ccc21. The van der Waals surface area contributed by atoms with Crippen LogP contribution in [0.1, 0.15) is 0 Å². The summed E-state index contributed by atoms with van der Waals surface area (Å²) in [4.78, 5) is 0. The molecule has 7 aromatic rings. The molecule has 0 bridgehead atoms. The molecule has 184 valence electrons. The van der Waals surface area contributed by atoms with Gasteiger partial charge in [0.1, 0.15) is 0 Å². The van der Waals surface area contributed by atoms with E-state index >= 15 is 0 Å². The van der Waals surface area contributed by atoms with Crippen molar-refractivity contribution in [2.75, 3.05) is 0 Å². The zero-order valence-corrected chi connectivity index (χ0v) is 22.8. The minimum Gasteiger partial charge on any atom is -0.344 e. The first-order valence-electron chi connectivity index (χ1n) is 13.6. The van der Waals surface area contributed by atoms with Crippen LogP contribution in [-0.4, -0.2) is 12.6 Å². The Morgan fingerprint density at radius 1 is 0.436 bits per heavy atom. The van der Waals surface area contributed by atoms with Crippen molar-refractivity contribution in [1.29, 1.82) is 0 Å². The van der Waals surface area contributed by atoms with Crippen molar-refractivity contribution >= 4 is 50.6 Å². The topological polar surface area (TPSA) is 4.93 Å². The lowest BCUT2D eigenvalue weighted by atomic mass is 9.99. The number of rotatable bonds is 3. The Labute approximate surface area is 229 Å². The van der Waals surface area contributed by atoms with E-state index in [1.165, 1.54) is 64.8 Å². The first-order chi connectivity index (χ1) is 19.3. The van der Waals surface area contributed by atoms with Gasteiger partial charge in [-0.15, -0.1) is 0 Å². The van der Waals surface area contributed by atoms with Gasteiger partial charge in [0.2, 0.25) is 0 Å². The second-order valence-electron chi connectivity index (χ2n) is 10.6. The summed E-state index contributed by atoms with van der Waals surface area (Å²) >= 11 is 0. The third kappa shape index (κ3) is 3.07. The van der Waals surface area contributed by atoms with Gasteiger partial charge in [0.05, 0.1) is 0 Å². The van der Waals surface area contributed by atoms with Crippen LogP contribution in [0, 0.1) is 0 Å². The summed E-state index contributed by atoms with van der Waals surface area (Å²) < 4.78 is 2.30. The van der Waals surface area contributed by atoms with E-state index in [1.54, 1.807) is 0 Å². The molecule has 0 saturated carbocycles. The first kappa shape index (κ1) is 22.3. The summed E-state index contributed by atoms with van der Waals surface area (Å²) in [5.41, 5.74) is 7.84. The number of para-hydroxylation sites is 1. The zero-order valence-electron chi connectivity index (χ0n) is 21.8. The molecule has 1 aliphatic rings. The maximum Gasteiger partial charge on any atom is 0.180 e. The Balaban J connectivity index is 1.43. The van der Waals surface area contributed by atoms with Gasteiger partial charge in [-0.1, -0.05) is 127 Å². The third-order valence-corrected chi connectivity index (χ3v) is 13.6. The van der Waals surface area contributed by atoms with E-state index in [9.17, 15) is 0 Å². The molecule has 1 aromatic heterocycles. The van der Waals surface area contributed by atoms with Gasteiger partial charge in [-0.3, -0.25) is 0 Å². The number of hydrogen-bond acceptors (Lipinski definition) is 0. The summed E-state index contributed by atoms with van der Waals surface area (Å²) in [5.74, 6) is 0. The molecule has 2 heteroatoms. The Morgan fingerprint density at radius 3 is 1.77 bits per heavy atom. The van der Waals surface area contributed by atoms with Crippen molar-refractivity contribution in [3.05, 3.63) is 146 Å². The molecule has 0 aliphatic carbocycles. The maximum absolute atomic E-state index is 2.51. The largest absolute Gasteiger partial charge is 0.344 e. The molecule has 6 aromatic carbocycles. The van der Waals surface area contributed by atoms with Crippen LogP contribution in [0.5, 0.6) is 0 Å². The van der Waals surface area contributed by atoms with Crippen LogP contribution in [-0.2, 0) is 7.05 Å². The molecule has 0 saturated heterocycles. The minimum atomic E-state index is -2.49. The smallest absolute Gasteiger partial charge is 0.180 e. The van der Waals surface area contributed by atoms with Crippen molar-refractivity contribution in [2.45, 2.75) is 0 Å². The predicted molar refractivity (Wildman–Crippen MR) is 168 cm³/mol. The summed E-state index contributed by atoms with van der Waals surface area (Å²) in [6.45, 7) is 0. The average Bonchev–Trinajstić information content (AvgIpc) is 3.47. The van der Waals surface area contributed by atoms with E-state index in [1.807, 2.05) is 0 Å². The van der Waals surface area contributed by atoms with Crippen LogP contribution >= 0.6 is 0 Å². The predicted octanol–water partition coefficient (Wildman–Crippen LogP) is 6.36. The zero-order chi connectivity index (χ0) is 26.0. The standard InChI is InChI=1S/C37H27NSi/c1-38-34-18-10-8-16-30(34)33-24-26(21-23-35(33)38)27-20-22-32-31-17-9-11-19-36(31)39(37(32)25-27,28-12-4-2-5-13-28)29-14-6-3-7-15-29/h2-25H,1H3. The fraction of sp³-hybridized carbons (Fsp3) is 0.0270. The fourth-order valence-electron chi connectivity index (χ4n) is 6.97.